The molecule has 1 aliphatic rings. The minimum Gasteiger partial charge on any atom is -0.370 e. The number of anilines is 2. The lowest BCUT2D eigenvalue weighted by molar-refractivity contribution is 0.599. The van der Waals surface area contributed by atoms with Crippen LogP contribution in [0.15, 0.2) is 52.3 Å². The van der Waals surface area contributed by atoms with Gasteiger partial charge >= 0.3 is 0 Å². The number of halogens is 1. The third kappa shape index (κ3) is 4.45. The number of para-hydroxylation sites is 2. The molecule has 1 fully saturated rings. The molecule has 9 heteroatoms. The first kappa shape index (κ1) is 21.0. The van der Waals surface area contributed by atoms with Crippen molar-refractivity contribution in [3.05, 3.63) is 47.5 Å². The van der Waals surface area contributed by atoms with E-state index in [1.54, 1.807) is 12.1 Å². The fourth-order valence-electron chi connectivity index (χ4n) is 3.48. The van der Waals surface area contributed by atoms with Crippen molar-refractivity contribution in [1.82, 2.24) is 0 Å². The Labute approximate surface area is 171 Å². The molecule has 0 aliphatic heterocycles. The average molecular weight is 443 g/mol. The lowest BCUT2D eigenvalue weighted by atomic mass is 10.2. The minimum absolute atomic E-state index is 0.0403. The molecule has 1 aliphatic carbocycles. The van der Waals surface area contributed by atoms with Crippen molar-refractivity contribution in [2.75, 3.05) is 22.9 Å². The Hall–Kier alpha value is -1.77. The second-order valence-corrected chi connectivity index (χ2v) is 11.1. The molecule has 0 unspecified atom stereocenters. The summed E-state index contributed by atoms with van der Waals surface area (Å²) in [7, 11) is -5.69. The fraction of sp³-hybridized carbons (Fsp3) is 0.368. The zero-order valence-electron chi connectivity index (χ0n) is 15.7. The van der Waals surface area contributed by atoms with Gasteiger partial charge < -0.3 is 4.90 Å². The van der Waals surface area contributed by atoms with Crippen molar-refractivity contribution in [2.24, 2.45) is 0 Å². The maximum atomic E-state index is 13.0. The first-order valence-corrected chi connectivity index (χ1v) is 12.7. The Morgan fingerprint density at radius 1 is 1.04 bits per heavy atom. The second-order valence-electron chi connectivity index (χ2n) is 7.04. The topological polar surface area (TPSA) is 83.6 Å². The summed E-state index contributed by atoms with van der Waals surface area (Å²) in [5.74, 6) is 0. The number of hydrogen-bond donors (Lipinski definition) is 1. The molecular formula is C19H23ClN2O4S2. The average Bonchev–Trinajstić information content (AvgIpc) is 3.15. The van der Waals surface area contributed by atoms with Crippen LogP contribution in [0.25, 0.3) is 0 Å². The Kier molecular flexibility index (Phi) is 5.93. The molecule has 0 atom stereocenters. The predicted octanol–water partition coefficient (Wildman–Crippen LogP) is 3.92. The van der Waals surface area contributed by atoms with Crippen molar-refractivity contribution in [3.8, 4) is 0 Å². The van der Waals surface area contributed by atoms with E-state index in [0.29, 0.717) is 11.7 Å². The smallest absolute Gasteiger partial charge is 0.263 e. The number of sulfone groups is 1. The molecule has 2 aromatic rings. The summed E-state index contributed by atoms with van der Waals surface area (Å²) in [6, 6.07) is 11.2. The zero-order chi connectivity index (χ0) is 20.5. The maximum Gasteiger partial charge on any atom is 0.263 e. The molecule has 6 nitrogen and oxygen atoms in total. The summed E-state index contributed by atoms with van der Waals surface area (Å²) < 4.78 is 52.2. The van der Waals surface area contributed by atoms with Gasteiger partial charge in [-0.3, -0.25) is 4.72 Å². The Balaban J connectivity index is 1.98. The van der Waals surface area contributed by atoms with Gasteiger partial charge in [0.15, 0.2) is 9.84 Å². The van der Waals surface area contributed by atoms with Crippen molar-refractivity contribution < 1.29 is 16.8 Å². The van der Waals surface area contributed by atoms with Gasteiger partial charge in [-0.15, -0.1) is 0 Å². The molecule has 2 aromatic carbocycles. The van der Waals surface area contributed by atoms with Gasteiger partial charge in [-0.1, -0.05) is 36.6 Å². The maximum absolute atomic E-state index is 13.0. The van der Waals surface area contributed by atoms with E-state index in [-0.39, 0.29) is 14.8 Å². The van der Waals surface area contributed by atoms with Gasteiger partial charge in [-0.2, -0.15) is 0 Å². The van der Waals surface area contributed by atoms with Gasteiger partial charge in [0.1, 0.15) is 4.90 Å². The molecule has 0 spiro atoms. The molecule has 0 amide bonds. The van der Waals surface area contributed by atoms with Crippen LogP contribution in [0.4, 0.5) is 11.4 Å². The molecule has 28 heavy (non-hydrogen) atoms. The van der Waals surface area contributed by atoms with Crippen LogP contribution in [0, 0.1) is 0 Å². The number of nitrogens with one attached hydrogen (secondary N) is 1. The largest absolute Gasteiger partial charge is 0.370 e. The van der Waals surface area contributed by atoms with Crippen LogP contribution in [-0.2, 0) is 19.9 Å². The predicted molar refractivity (Wildman–Crippen MR) is 112 cm³/mol. The van der Waals surface area contributed by atoms with Gasteiger partial charge in [0.25, 0.3) is 10.0 Å². The summed E-state index contributed by atoms with van der Waals surface area (Å²) >= 11 is 6.08. The van der Waals surface area contributed by atoms with E-state index in [0.717, 1.165) is 43.7 Å². The molecule has 1 saturated carbocycles. The van der Waals surface area contributed by atoms with E-state index in [4.69, 9.17) is 11.6 Å². The molecule has 0 aromatic heterocycles. The minimum atomic E-state index is -4.08. The van der Waals surface area contributed by atoms with Gasteiger partial charge in [0.05, 0.1) is 21.3 Å². The summed E-state index contributed by atoms with van der Waals surface area (Å²) in [5.41, 5.74) is 1.20. The monoisotopic (exact) mass is 442 g/mol. The highest BCUT2D eigenvalue weighted by molar-refractivity contribution is 7.93. The van der Waals surface area contributed by atoms with Crippen LogP contribution >= 0.6 is 11.6 Å². The molecule has 0 bridgehead atoms. The third-order valence-corrected chi connectivity index (χ3v) is 7.98. The Bertz CT molecular complexity index is 1080. The summed E-state index contributed by atoms with van der Waals surface area (Å²) in [5, 5.41) is -0.0403. The van der Waals surface area contributed by atoms with Crippen LogP contribution in [-0.4, -0.2) is 36.2 Å². The van der Waals surface area contributed by atoms with Gasteiger partial charge in [-0.25, -0.2) is 16.8 Å². The van der Waals surface area contributed by atoms with Gasteiger partial charge in [0, 0.05) is 19.3 Å². The highest BCUT2D eigenvalue weighted by Gasteiger charge is 2.25. The summed E-state index contributed by atoms with van der Waals surface area (Å²) in [6.07, 6.45) is 5.49. The van der Waals surface area contributed by atoms with E-state index in [1.165, 1.54) is 12.1 Å². The molecule has 1 N–H and O–H groups in total. The number of sulfonamides is 1. The van der Waals surface area contributed by atoms with E-state index in [1.807, 2.05) is 19.2 Å². The second kappa shape index (κ2) is 7.93. The Morgan fingerprint density at radius 3 is 2.32 bits per heavy atom. The zero-order valence-corrected chi connectivity index (χ0v) is 18.1. The number of benzene rings is 2. The molecular weight excluding hydrogens is 420 g/mol. The lowest BCUT2D eigenvalue weighted by Gasteiger charge is -2.28. The van der Waals surface area contributed by atoms with Crippen molar-refractivity contribution >= 4 is 42.8 Å². The summed E-state index contributed by atoms with van der Waals surface area (Å²) in [4.78, 5) is 1.73. The van der Waals surface area contributed by atoms with E-state index in [2.05, 4.69) is 9.62 Å². The van der Waals surface area contributed by atoms with E-state index in [9.17, 15) is 16.8 Å². The number of rotatable bonds is 6. The van der Waals surface area contributed by atoms with Crippen LogP contribution in [0.2, 0.25) is 5.02 Å². The lowest BCUT2D eigenvalue weighted by Crippen LogP contribution is -2.30. The standard InChI is InChI=1S/C19H23ClN2O4S2/c1-22(14-7-3-4-8-14)18-10-6-5-9-17(18)21-28(25,26)19-13-15(27(2,23)24)11-12-16(19)20/h5-6,9-14,21H,3-4,7-8H2,1-2H3. The van der Waals surface area contributed by atoms with E-state index >= 15 is 0 Å². The Morgan fingerprint density at radius 2 is 1.68 bits per heavy atom. The quantitative estimate of drug-likeness (QED) is 0.732. The van der Waals surface area contributed by atoms with Crippen molar-refractivity contribution in [2.45, 2.75) is 41.5 Å². The molecule has 0 saturated heterocycles. The fourth-order valence-corrected chi connectivity index (χ4v) is 5.80. The van der Waals surface area contributed by atoms with Crippen molar-refractivity contribution in [3.63, 3.8) is 0 Å². The summed E-state index contributed by atoms with van der Waals surface area (Å²) in [6.45, 7) is 0. The normalized spacial score (nSPS) is 15.5. The van der Waals surface area contributed by atoms with Crippen LogP contribution < -0.4 is 9.62 Å². The van der Waals surface area contributed by atoms with Gasteiger partial charge in [0.2, 0.25) is 0 Å². The van der Waals surface area contributed by atoms with Crippen LogP contribution in [0.5, 0.6) is 0 Å². The highest BCUT2D eigenvalue weighted by Crippen LogP contribution is 2.34. The van der Waals surface area contributed by atoms with Gasteiger partial charge in [-0.05, 0) is 43.2 Å². The molecule has 0 radical (unpaired) electrons. The SMILES string of the molecule is CN(c1ccccc1NS(=O)(=O)c1cc(S(C)(=O)=O)ccc1Cl)C1CCCC1. The van der Waals surface area contributed by atoms with Crippen LogP contribution in [0.3, 0.4) is 0 Å². The van der Waals surface area contributed by atoms with E-state index < -0.39 is 19.9 Å². The molecule has 152 valence electrons. The van der Waals surface area contributed by atoms with Crippen LogP contribution in [0.1, 0.15) is 25.7 Å². The molecule has 3 rings (SSSR count). The first-order valence-electron chi connectivity index (χ1n) is 8.94. The highest BCUT2D eigenvalue weighted by atomic mass is 35.5. The number of hydrogen-bond acceptors (Lipinski definition) is 5. The molecule has 0 heterocycles. The first-order chi connectivity index (χ1) is 13.1. The van der Waals surface area contributed by atoms with Crippen molar-refractivity contribution in [1.29, 1.82) is 0 Å². The number of nitrogens with zero attached hydrogens (tertiary/aromatic N) is 1. The third-order valence-electron chi connectivity index (χ3n) is 5.02.